The maximum atomic E-state index is 11.4. The highest BCUT2D eigenvalue weighted by Crippen LogP contribution is 2.17. The lowest BCUT2D eigenvalue weighted by Gasteiger charge is -2.20. The molecule has 4 heteroatoms. The molecule has 0 radical (unpaired) electrons. The molecule has 106 valence electrons. The molecular formula is C14H28N2O2. The molecule has 1 atom stereocenters. The minimum absolute atomic E-state index is 0.123. The monoisotopic (exact) mass is 256 g/mol. The SMILES string of the molecule is CCCCOC(=O)CNCC1CCN(C(C)C)C1. The molecular weight excluding hydrogens is 228 g/mol. The van der Waals surface area contributed by atoms with E-state index in [9.17, 15) is 4.79 Å². The molecule has 0 spiro atoms. The van der Waals surface area contributed by atoms with Crippen molar-refractivity contribution in [2.45, 2.75) is 46.1 Å². The zero-order chi connectivity index (χ0) is 13.4. The smallest absolute Gasteiger partial charge is 0.319 e. The highest BCUT2D eigenvalue weighted by molar-refractivity contribution is 5.71. The van der Waals surface area contributed by atoms with Gasteiger partial charge in [-0.05, 0) is 45.7 Å². The molecule has 1 fully saturated rings. The lowest BCUT2D eigenvalue weighted by atomic mass is 10.1. The van der Waals surface area contributed by atoms with Crippen LogP contribution in [-0.4, -0.2) is 49.7 Å². The highest BCUT2D eigenvalue weighted by Gasteiger charge is 2.23. The number of nitrogens with zero attached hydrogens (tertiary/aromatic N) is 1. The standard InChI is InChI=1S/C14H28N2O2/c1-4-5-8-18-14(17)10-15-9-13-6-7-16(11-13)12(2)3/h12-13,15H,4-11H2,1-3H3. The molecule has 0 saturated carbocycles. The van der Waals surface area contributed by atoms with Gasteiger partial charge in [-0.3, -0.25) is 4.79 Å². The summed E-state index contributed by atoms with van der Waals surface area (Å²) in [6.45, 7) is 10.7. The van der Waals surface area contributed by atoms with E-state index in [0.717, 1.165) is 25.9 Å². The Bertz CT molecular complexity index is 244. The van der Waals surface area contributed by atoms with E-state index < -0.39 is 0 Å². The maximum Gasteiger partial charge on any atom is 0.319 e. The third kappa shape index (κ3) is 5.83. The fourth-order valence-corrected chi connectivity index (χ4v) is 2.26. The van der Waals surface area contributed by atoms with Crippen LogP contribution in [0.5, 0.6) is 0 Å². The molecule has 18 heavy (non-hydrogen) atoms. The minimum Gasteiger partial charge on any atom is -0.465 e. The number of esters is 1. The van der Waals surface area contributed by atoms with Crippen molar-refractivity contribution in [2.24, 2.45) is 5.92 Å². The molecule has 0 amide bonds. The average molecular weight is 256 g/mol. The van der Waals surface area contributed by atoms with Crippen molar-refractivity contribution in [3.8, 4) is 0 Å². The topological polar surface area (TPSA) is 41.6 Å². The van der Waals surface area contributed by atoms with Crippen molar-refractivity contribution < 1.29 is 9.53 Å². The molecule has 1 heterocycles. The molecule has 0 aromatic carbocycles. The van der Waals surface area contributed by atoms with E-state index in [-0.39, 0.29) is 5.97 Å². The van der Waals surface area contributed by atoms with Gasteiger partial charge in [-0.2, -0.15) is 0 Å². The van der Waals surface area contributed by atoms with Crippen LogP contribution in [0.3, 0.4) is 0 Å². The van der Waals surface area contributed by atoms with E-state index >= 15 is 0 Å². The fraction of sp³-hybridized carbons (Fsp3) is 0.929. The van der Waals surface area contributed by atoms with E-state index in [0.29, 0.717) is 25.1 Å². The van der Waals surface area contributed by atoms with Crippen molar-refractivity contribution in [1.29, 1.82) is 0 Å². The van der Waals surface area contributed by atoms with Crippen LogP contribution < -0.4 is 5.32 Å². The lowest BCUT2D eigenvalue weighted by molar-refractivity contribution is -0.142. The Balaban J connectivity index is 2.03. The Morgan fingerprint density at radius 2 is 2.28 bits per heavy atom. The van der Waals surface area contributed by atoms with Gasteiger partial charge in [0, 0.05) is 12.6 Å². The van der Waals surface area contributed by atoms with Crippen LogP contribution in [0.2, 0.25) is 0 Å². The number of hydrogen-bond donors (Lipinski definition) is 1. The van der Waals surface area contributed by atoms with Crippen molar-refractivity contribution in [1.82, 2.24) is 10.2 Å². The van der Waals surface area contributed by atoms with Gasteiger partial charge in [0.15, 0.2) is 0 Å². The van der Waals surface area contributed by atoms with Gasteiger partial charge in [0.25, 0.3) is 0 Å². The second-order valence-electron chi connectivity index (χ2n) is 5.45. The zero-order valence-electron chi connectivity index (χ0n) is 12.1. The molecule has 0 aromatic heterocycles. The number of hydrogen-bond acceptors (Lipinski definition) is 4. The summed E-state index contributed by atoms with van der Waals surface area (Å²) in [5, 5.41) is 3.21. The number of likely N-dealkylation sites (tertiary alicyclic amines) is 1. The van der Waals surface area contributed by atoms with E-state index in [1.54, 1.807) is 0 Å². The quantitative estimate of drug-likeness (QED) is 0.529. The number of nitrogens with one attached hydrogen (secondary N) is 1. The second kappa shape index (κ2) is 8.48. The van der Waals surface area contributed by atoms with E-state index in [1.807, 2.05) is 0 Å². The van der Waals surface area contributed by atoms with Crippen molar-refractivity contribution in [3.63, 3.8) is 0 Å². The second-order valence-corrected chi connectivity index (χ2v) is 5.45. The summed E-state index contributed by atoms with van der Waals surface area (Å²) < 4.78 is 5.09. The first kappa shape index (κ1) is 15.4. The number of carbonyl (C=O) groups is 1. The third-order valence-corrected chi connectivity index (χ3v) is 3.51. The predicted octanol–water partition coefficient (Wildman–Crippen LogP) is 1.65. The number of rotatable bonds is 8. The molecule has 1 N–H and O–H groups in total. The summed E-state index contributed by atoms with van der Waals surface area (Å²) in [6, 6.07) is 0.633. The largest absolute Gasteiger partial charge is 0.465 e. The van der Waals surface area contributed by atoms with E-state index in [4.69, 9.17) is 4.74 Å². The highest BCUT2D eigenvalue weighted by atomic mass is 16.5. The van der Waals surface area contributed by atoms with Gasteiger partial charge in [0.2, 0.25) is 0 Å². The number of unbranched alkanes of at least 4 members (excludes halogenated alkanes) is 1. The third-order valence-electron chi connectivity index (χ3n) is 3.51. The molecule has 4 nitrogen and oxygen atoms in total. The van der Waals surface area contributed by atoms with Crippen LogP contribution in [0, 0.1) is 5.92 Å². The summed E-state index contributed by atoms with van der Waals surface area (Å²) in [4.78, 5) is 13.9. The zero-order valence-corrected chi connectivity index (χ0v) is 12.1. The Hall–Kier alpha value is -0.610. The molecule has 0 bridgehead atoms. The molecule has 0 aliphatic carbocycles. The van der Waals surface area contributed by atoms with Crippen LogP contribution >= 0.6 is 0 Å². The van der Waals surface area contributed by atoms with Crippen LogP contribution in [0.15, 0.2) is 0 Å². The molecule has 1 unspecified atom stereocenters. The van der Waals surface area contributed by atoms with Gasteiger partial charge in [-0.1, -0.05) is 13.3 Å². The molecule has 1 aliphatic heterocycles. The maximum absolute atomic E-state index is 11.4. The summed E-state index contributed by atoms with van der Waals surface area (Å²) in [5.74, 6) is 0.554. The van der Waals surface area contributed by atoms with Crippen LogP contribution in [-0.2, 0) is 9.53 Å². The van der Waals surface area contributed by atoms with Gasteiger partial charge in [-0.15, -0.1) is 0 Å². The molecule has 1 rings (SSSR count). The molecule has 0 aromatic rings. The van der Waals surface area contributed by atoms with Crippen molar-refractivity contribution >= 4 is 5.97 Å². The first-order valence-electron chi connectivity index (χ1n) is 7.23. The first-order valence-corrected chi connectivity index (χ1v) is 7.23. The summed E-state index contributed by atoms with van der Waals surface area (Å²) in [5.41, 5.74) is 0. The number of carbonyl (C=O) groups excluding carboxylic acids is 1. The summed E-state index contributed by atoms with van der Waals surface area (Å²) in [7, 11) is 0. The predicted molar refractivity (Wildman–Crippen MR) is 73.6 cm³/mol. The summed E-state index contributed by atoms with van der Waals surface area (Å²) in [6.07, 6.45) is 3.25. The Morgan fingerprint density at radius 1 is 1.50 bits per heavy atom. The van der Waals surface area contributed by atoms with Crippen molar-refractivity contribution in [2.75, 3.05) is 32.8 Å². The normalized spacial score (nSPS) is 20.6. The van der Waals surface area contributed by atoms with Gasteiger partial charge >= 0.3 is 5.97 Å². The average Bonchev–Trinajstić information content (AvgIpc) is 2.78. The Labute approximate surface area is 111 Å². The van der Waals surface area contributed by atoms with Crippen LogP contribution in [0.1, 0.15) is 40.0 Å². The minimum atomic E-state index is -0.123. The fourth-order valence-electron chi connectivity index (χ4n) is 2.26. The van der Waals surface area contributed by atoms with Crippen LogP contribution in [0.25, 0.3) is 0 Å². The van der Waals surface area contributed by atoms with Gasteiger partial charge in [-0.25, -0.2) is 0 Å². The number of ether oxygens (including phenoxy) is 1. The van der Waals surface area contributed by atoms with Crippen LogP contribution in [0.4, 0.5) is 0 Å². The molecule has 1 aliphatic rings. The van der Waals surface area contributed by atoms with Crippen molar-refractivity contribution in [3.05, 3.63) is 0 Å². The Kier molecular flexibility index (Phi) is 7.28. The Morgan fingerprint density at radius 3 is 2.89 bits per heavy atom. The van der Waals surface area contributed by atoms with E-state index in [1.165, 1.54) is 13.0 Å². The summed E-state index contributed by atoms with van der Waals surface area (Å²) >= 11 is 0. The first-order chi connectivity index (χ1) is 8.63. The van der Waals surface area contributed by atoms with Gasteiger partial charge in [0.1, 0.15) is 0 Å². The van der Waals surface area contributed by atoms with E-state index in [2.05, 4.69) is 31.0 Å². The van der Waals surface area contributed by atoms with Gasteiger partial charge < -0.3 is 15.0 Å². The molecule has 1 saturated heterocycles. The lowest BCUT2D eigenvalue weighted by Crippen LogP contribution is -2.33. The van der Waals surface area contributed by atoms with Gasteiger partial charge in [0.05, 0.1) is 13.2 Å².